The van der Waals surface area contributed by atoms with Gasteiger partial charge in [-0.2, -0.15) is 0 Å². The molecule has 0 radical (unpaired) electrons. The number of ether oxygens (including phenoxy) is 1. The third kappa shape index (κ3) is 4.51. The number of hydrogen-bond donors (Lipinski definition) is 1. The number of rotatable bonds is 7. The van der Waals surface area contributed by atoms with Crippen LogP contribution in [0.25, 0.3) is 0 Å². The zero-order valence-electron chi connectivity index (χ0n) is 11.5. The molecule has 0 aromatic heterocycles. The topological polar surface area (TPSA) is 38.3 Å². The summed E-state index contributed by atoms with van der Waals surface area (Å²) in [5.74, 6) is -0.180. The summed E-state index contributed by atoms with van der Waals surface area (Å²) in [4.78, 5) is 12.4. The van der Waals surface area contributed by atoms with Gasteiger partial charge in [0.2, 0.25) is 0 Å². The maximum atomic E-state index is 13.5. The summed E-state index contributed by atoms with van der Waals surface area (Å²) in [5, 5.41) is 3.17. The van der Waals surface area contributed by atoms with E-state index in [4.69, 9.17) is 4.74 Å². The summed E-state index contributed by atoms with van der Waals surface area (Å²) in [6, 6.07) is 6.55. The Balaban J connectivity index is 2.73. The van der Waals surface area contributed by atoms with E-state index < -0.39 is 5.54 Å². The minimum atomic E-state index is -0.808. The zero-order chi connectivity index (χ0) is 14.3. The Morgan fingerprint density at radius 1 is 1.47 bits per heavy atom. The molecule has 1 unspecified atom stereocenters. The summed E-state index contributed by atoms with van der Waals surface area (Å²) >= 11 is 1.31. The molecule has 1 aromatic carbocycles. The van der Waals surface area contributed by atoms with Gasteiger partial charge in [0.15, 0.2) is 0 Å². The van der Waals surface area contributed by atoms with Crippen molar-refractivity contribution >= 4 is 17.7 Å². The molecule has 1 atom stereocenters. The zero-order valence-corrected chi connectivity index (χ0v) is 12.3. The molecular formula is C14H20FNO2S. The number of nitrogens with one attached hydrogen (secondary N) is 1. The quantitative estimate of drug-likeness (QED) is 0.617. The van der Waals surface area contributed by atoms with Crippen molar-refractivity contribution in [3.63, 3.8) is 0 Å². The van der Waals surface area contributed by atoms with E-state index in [0.717, 1.165) is 6.42 Å². The highest BCUT2D eigenvalue weighted by molar-refractivity contribution is 7.99. The Hall–Kier alpha value is -1.07. The van der Waals surface area contributed by atoms with E-state index in [0.29, 0.717) is 17.2 Å². The lowest BCUT2D eigenvalue weighted by atomic mass is 10.1. The van der Waals surface area contributed by atoms with E-state index in [1.54, 1.807) is 25.1 Å². The lowest BCUT2D eigenvalue weighted by Crippen LogP contribution is -2.52. The van der Waals surface area contributed by atoms with E-state index >= 15 is 0 Å². The molecule has 0 heterocycles. The van der Waals surface area contributed by atoms with Crippen LogP contribution in [0.15, 0.2) is 29.2 Å². The minimum absolute atomic E-state index is 0.268. The van der Waals surface area contributed by atoms with Gasteiger partial charge in [-0.3, -0.25) is 4.79 Å². The van der Waals surface area contributed by atoms with E-state index in [1.807, 2.05) is 6.92 Å². The first kappa shape index (κ1) is 16.0. The molecular weight excluding hydrogens is 265 g/mol. The molecule has 1 aromatic rings. The summed E-state index contributed by atoms with van der Waals surface area (Å²) < 4.78 is 18.4. The average molecular weight is 285 g/mol. The number of hydrogen-bond acceptors (Lipinski definition) is 4. The highest BCUT2D eigenvalue weighted by Crippen LogP contribution is 2.25. The van der Waals surface area contributed by atoms with Gasteiger partial charge in [-0.1, -0.05) is 19.1 Å². The molecule has 1 rings (SSSR count). The Kier molecular flexibility index (Phi) is 6.31. The van der Waals surface area contributed by atoms with Crippen molar-refractivity contribution in [2.75, 3.05) is 19.4 Å². The second-order valence-electron chi connectivity index (χ2n) is 4.47. The van der Waals surface area contributed by atoms with Gasteiger partial charge in [0.1, 0.15) is 11.4 Å². The number of esters is 1. The van der Waals surface area contributed by atoms with Crippen LogP contribution in [0.3, 0.4) is 0 Å². The van der Waals surface area contributed by atoms with Crippen LogP contribution in [0.1, 0.15) is 20.3 Å². The van der Waals surface area contributed by atoms with Crippen molar-refractivity contribution in [1.29, 1.82) is 0 Å². The van der Waals surface area contributed by atoms with Crippen LogP contribution in [-0.4, -0.2) is 30.9 Å². The van der Waals surface area contributed by atoms with E-state index in [-0.39, 0.29) is 11.8 Å². The first-order valence-electron chi connectivity index (χ1n) is 6.24. The Labute approximate surface area is 117 Å². The second-order valence-corrected chi connectivity index (χ2v) is 5.49. The van der Waals surface area contributed by atoms with E-state index in [1.165, 1.54) is 24.9 Å². The monoisotopic (exact) mass is 285 g/mol. The van der Waals surface area contributed by atoms with Gasteiger partial charge < -0.3 is 10.1 Å². The first-order valence-corrected chi connectivity index (χ1v) is 7.23. The summed E-state index contributed by atoms with van der Waals surface area (Å²) in [6.45, 7) is 4.51. The van der Waals surface area contributed by atoms with Crippen molar-refractivity contribution in [3.05, 3.63) is 30.1 Å². The van der Waals surface area contributed by atoms with Crippen LogP contribution in [0.4, 0.5) is 4.39 Å². The largest absolute Gasteiger partial charge is 0.468 e. The number of methoxy groups -OCH3 is 1. The molecule has 5 heteroatoms. The predicted octanol–water partition coefficient (Wildman–Crippen LogP) is 2.85. The molecule has 0 amide bonds. The maximum Gasteiger partial charge on any atom is 0.326 e. The molecule has 0 saturated carbocycles. The lowest BCUT2D eigenvalue weighted by molar-refractivity contribution is -0.146. The lowest BCUT2D eigenvalue weighted by Gasteiger charge is -2.27. The van der Waals surface area contributed by atoms with Crippen LogP contribution in [0.5, 0.6) is 0 Å². The molecule has 3 nitrogen and oxygen atoms in total. The smallest absolute Gasteiger partial charge is 0.326 e. The Bertz CT molecular complexity index is 428. The summed E-state index contributed by atoms with van der Waals surface area (Å²) in [5.41, 5.74) is -0.808. The van der Waals surface area contributed by atoms with Crippen LogP contribution in [-0.2, 0) is 9.53 Å². The van der Waals surface area contributed by atoms with Crippen LogP contribution >= 0.6 is 11.8 Å². The maximum absolute atomic E-state index is 13.5. The van der Waals surface area contributed by atoms with E-state index in [9.17, 15) is 9.18 Å². The van der Waals surface area contributed by atoms with Gasteiger partial charge >= 0.3 is 5.97 Å². The molecule has 0 aliphatic carbocycles. The highest BCUT2D eigenvalue weighted by Gasteiger charge is 2.33. The fourth-order valence-electron chi connectivity index (χ4n) is 1.59. The third-order valence-corrected chi connectivity index (χ3v) is 4.12. The third-order valence-electron chi connectivity index (χ3n) is 2.75. The SMILES string of the molecule is CCCNC(C)(CSc1ccccc1F)C(=O)OC. The standard InChI is InChI=1S/C14H20FNO2S/c1-4-9-16-14(2,13(17)18-3)10-19-12-8-6-5-7-11(12)15/h5-8,16H,4,9-10H2,1-3H3. The van der Waals surface area contributed by atoms with Crippen molar-refractivity contribution < 1.29 is 13.9 Å². The van der Waals surface area contributed by atoms with Crippen molar-refractivity contribution in [2.45, 2.75) is 30.7 Å². The molecule has 0 saturated heterocycles. The first-order chi connectivity index (χ1) is 9.03. The molecule has 106 valence electrons. The number of benzene rings is 1. The number of carbonyl (C=O) groups is 1. The summed E-state index contributed by atoms with van der Waals surface area (Å²) in [7, 11) is 1.36. The highest BCUT2D eigenvalue weighted by atomic mass is 32.2. The fourth-order valence-corrected chi connectivity index (χ4v) is 2.64. The Morgan fingerprint density at radius 3 is 2.74 bits per heavy atom. The normalized spacial score (nSPS) is 13.9. The van der Waals surface area contributed by atoms with Crippen LogP contribution in [0, 0.1) is 5.82 Å². The molecule has 0 aliphatic heterocycles. The van der Waals surface area contributed by atoms with Crippen LogP contribution < -0.4 is 5.32 Å². The van der Waals surface area contributed by atoms with Crippen molar-refractivity contribution in [2.24, 2.45) is 0 Å². The van der Waals surface area contributed by atoms with Crippen LogP contribution in [0.2, 0.25) is 0 Å². The van der Waals surface area contributed by atoms with Gasteiger partial charge in [-0.05, 0) is 32.0 Å². The van der Waals surface area contributed by atoms with Gasteiger partial charge in [0.05, 0.1) is 7.11 Å². The van der Waals surface area contributed by atoms with Crippen molar-refractivity contribution in [3.8, 4) is 0 Å². The second kappa shape index (κ2) is 7.50. The predicted molar refractivity (Wildman–Crippen MR) is 75.8 cm³/mol. The molecule has 19 heavy (non-hydrogen) atoms. The Morgan fingerprint density at radius 2 is 2.16 bits per heavy atom. The number of carbonyl (C=O) groups excluding carboxylic acids is 1. The average Bonchev–Trinajstić information content (AvgIpc) is 2.43. The molecule has 0 fully saturated rings. The van der Waals surface area contributed by atoms with Gasteiger partial charge in [0.25, 0.3) is 0 Å². The molecule has 1 N–H and O–H groups in total. The summed E-state index contributed by atoms with van der Waals surface area (Å²) in [6.07, 6.45) is 0.914. The fraction of sp³-hybridized carbons (Fsp3) is 0.500. The van der Waals surface area contributed by atoms with E-state index in [2.05, 4.69) is 5.32 Å². The van der Waals surface area contributed by atoms with Gasteiger partial charge in [-0.15, -0.1) is 11.8 Å². The molecule has 0 aliphatic rings. The molecule has 0 spiro atoms. The minimum Gasteiger partial charge on any atom is -0.468 e. The molecule has 0 bridgehead atoms. The van der Waals surface area contributed by atoms with Gasteiger partial charge in [0, 0.05) is 10.6 Å². The van der Waals surface area contributed by atoms with Gasteiger partial charge in [-0.25, -0.2) is 4.39 Å². The number of thioether (sulfide) groups is 1. The van der Waals surface area contributed by atoms with Crippen molar-refractivity contribution in [1.82, 2.24) is 5.32 Å². The number of halogens is 1.